The van der Waals surface area contributed by atoms with Gasteiger partial charge in [-0.05, 0) is 0 Å². The molecule has 0 bridgehead atoms. The first-order valence-corrected chi connectivity index (χ1v) is 2.51. The van der Waals surface area contributed by atoms with Crippen LogP contribution in [0, 0.1) is 0 Å². The van der Waals surface area contributed by atoms with Crippen LogP contribution in [0.25, 0.3) is 0 Å². The van der Waals surface area contributed by atoms with Crippen molar-refractivity contribution in [2.45, 2.75) is 0 Å². The third kappa shape index (κ3) is 762. The first-order chi connectivity index (χ1) is 2.00. The van der Waals surface area contributed by atoms with Crippen LogP contribution in [0.5, 0.6) is 0 Å². The molecule has 0 aliphatic carbocycles. The third-order valence-electron chi connectivity index (χ3n) is 0. The zero-order chi connectivity index (χ0) is 4.50. The summed E-state index contributed by atoms with van der Waals surface area (Å²) < 4.78 is 0. The molecule has 0 unspecified atom stereocenters. The van der Waals surface area contributed by atoms with Crippen molar-refractivity contribution in [3.63, 3.8) is 0 Å². The Kier molecular flexibility index (Phi) is 22.2. The zero-order valence-electron chi connectivity index (χ0n) is 3.96. The van der Waals surface area contributed by atoms with Crippen LogP contribution in [0.15, 0.2) is 0 Å². The Labute approximate surface area is 57.9 Å². The fourth-order valence-corrected chi connectivity index (χ4v) is 0. The van der Waals surface area contributed by atoms with Gasteiger partial charge in [0.25, 0.3) is 0 Å². The van der Waals surface area contributed by atoms with Crippen LogP contribution in [-0.2, 0) is 0 Å². The van der Waals surface area contributed by atoms with Gasteiger partial charge >= 0.3 is 17.4 Å². The Morgan fingerprint density at radius 1 is 1.12 bits per heavy atom. The second-order valence-electron chi connectivity index (χ2n) is 0.524. The Bertz CT molecular complexity index is 27.9. The minimum absolute atomic E-state index is 0. The molecule has 0 heterocycles. The van der Waals surface area contributed by atoms with Crippen LogP contribution in [0.3, 0.4) is 0 Å². The smallest absolute Gasteiger partial charge is 0.861 e. The largest absolute Gasteiger partial charge is 3.00 e. The first-order valence-electron chi connectivity index (χ1n) is 0.836. The van der Waals surface area contributed by atoms with Crippen LogP contribution in [-0.4, -0.2) is 36.7 Å². The average molecular weight is 155 g/mol. The number of rotatable bonds is 0. The average Bonchev–Trinajstić information content (AvgIpc) is 0.722. The van der Waals surface area contributed by atoms with Crippen molar-refractivity contribution in [3.8, 4) is 0 Å². The SMILES string of the molecule is N.O.[Al+3].[O-][Si]([O-])([O-])O. The molecule has 6 N–H and O–H groups in total. The molecule has 0 saturated heterocycles. The van der Waals surface area contributed by atoms with Crippen molar-refractivity contribution in [2.75, 3.05) is 0 Å². The molecule has 6 nitrogen and oxygen atoms in total. The summed E-state index contributed by atoms with van der Waals surface area (Å²) in [5, 5.41) is 0. The van der Waals surface area contributed by atoms with E-state index < -0.39 is 9.05 Å². The molecule has 0 radical (unpaired) electrons. The van der Waals surface area contributed by atoms with Gasteiger partial charge in [-0.2, -0.15) is 0 Å². The normalized spacial score (nSPS) is 7.50. The fourth-order valence-electron chi connectivity index (χ4n) is 0. The molecule has 0 aromatic carbocycles. The fraction of sp³-hybridized carbons (Fsp3) is 0. The molecule has 0 spiro atoms. The summed E-state index contributed by atoms with van der Waals surface area (Å²) >= 11 is 0. The van der Waals surface area contributed by atoms with Crippen LogP contribution >= 0.6 is 0 Å². The molecule has 0 aliphatic heterocycles. The molecule has 48 valence electrons. The van der Waals surface area contributed by atoms with E-state index in [0.717, 1.165) is 0 Å². The second kappa shape index (κ2) is 7.51. The number of hydrogen-bond donors (Lipinski definition) is 2. The summed E-state index contributed by atoms with van der Waals surface area (Å²) in [5.74, 6) is 0. The van der Waals surface area contributed by atoms with Gasteiger partial charge in [0.2, 0.25) is 0 Å². The van der Waals surface area contributed by atoms with Crippen molar-refractivity contribution in [1.82, 2.24) is 6.15 Å². The molecular formula is H6AlNO5Si. The van der Waals surface area contributed by atoms with E-state index in [-0.39, 0.29) is 29.0 Å². The molecule has 0 saturated carbocycles. The second-order valence-corrected chi connectivity index (χ2v) is 1.57. The third-order valence-corrected chi connectivity index (χ3v) is 0. The maximum Gasteiger partial charge on any atom is 3.00 e. The molecule has 0 aromatic heterocycles. The Morgan fingerprint density at radius 2 is 1.12 bits per heavy atom. The summed E-state index contributed by atoms with van der Waals surface area (Å²) in [6, 6.07) is 0. The van der Waals surface area contributed by atoms with Gasteiger partial charge in [-0.3, -0.25) is 0 Å². The van der Waals surface area contributed by atoms with E-state index in [1.807, 2.05) is 0 Å². The quantitative estimate of drug-likeness (QED) is 0.333. The molecule has 0 atom stereocenters. The van der Waals surface area contributed by atoms with Gasteiger partial charge in [0.1, 0.15) is 0 Å². The van der Waals surface area contributed by atoms with Crippen molar-refractivity contribution < 1.29 is 24.7 Å². The van der Waals surface area contributed by atoms with Crippen molar-refractivity contribution in [1.29, 1.82) is 0 Å². The Morgan fingerprint density at radius 3 is 1.12 bits per heavy atom. The van der Waals surface area contributed by atoms with Crippen molar-refractivity contribution in [2.24, 2.45) is 0 Å². The van der Waals surface area contributed by atoms with E-state index in [9.17, 15) is 0 Å². The van der Waals surface area contributed by atoms with E-state index in [1.54, 1.807) is 0 Å². The molecule has 0 aliphatic rings. The maximum atomic E-state index is 8.69. The monoisotopic (exact) mass is 155 g/mol. The van der Waals surface area contributed by atoms with Gasteiger partial charge in [0.05, 0.1) is 0 Å². The molecule has 0 amide bonds. The van der Waals surface area contributed by atoms with Crippen LogP contribution in [0.2, 0.25) is 0 Å². The van der Waals surface area contributed by atoms with Gasteiger partial charge in [-0.15, -0.1) is 9.05 Å². The van der Waals surface area contributed by atoms with Crippen LogP contribution in [0.4, 0.5) is 0 Å². The zero-order valence-corrected chi connectivity index (χ0v) is 6.11. The van der Waals surface area contributed by atoms with Crippen molar-refractivity contribution >= 4 is 26.4 Å². The summed E-state index contributed by atoms with van der Waals surface area (Å²) in [7, 11) is -5.36. The Hall–Kier alpha value is 0.509. The Balaban J connectivity index is -0.0000000267. The predicted octanol–water partition coefficient (Wildman–Crippen LogP) is -5.55. The van der Waals surface area contributed by atoms with E-state index >= 15 is 0 Å². The molecular weight excluding hydrogens is 149 g/mol. The minimum Gasteiger partial charge on any atom is -0.861 e. The minimum atomic E-state index is -5.36. The van der Waals surface area contributed by atoms with Crippen LogP contribution < -0.4 is 20.5 Å². The van der Waals surface area contributed by atoms with E-state index in [1.165, 1.54) is 0 Å². The molecule has 0 rings (SSSR count). The van der Waals surface area contributed by atoms with Gasteiger partial charge in [0.15, 0.2) is 0 Å². The topological polar surface area (TPSA) is 156 Å². The van der Waals surface area contributed by atoms with Gasteiger partial charge in [0, 0.05) is 0 Å². The van der Waals surface area contributed by atoms with Gasteiger partial charge in [-0.1, -0.05) is 0 Å². The standard InChI is InChI=1S/Al.H3N.HO4Si.H2O/c;;1-5(2,3)4;/h;1H3;1H;1H2/q+3;;-3;. The number of hydrogen-bond acceptors (Lipinski definition) is 5. The summed E-state index contributed by atoms with van der Waals surface area (Å²) in [6.07, 6.45) is 0. The van der Waals surface area contributed by atoms with Crippen LogP contribution in [0.1, 0.15) is 0 Å². The molecule has 8 heteroatoms. The predicted molar refractivity (Wildman–Crippen MR) is 22.4 cm³/mol. The molecule has 8 heavy (non-hydrogen) atoms. The summed E-state index contributed by atoms with van der Waals surface area (Å²) in [5.41, 5.74) is 0. The van der Waals surface area contributed by atoms with Gasteiger partial charge < -0.3 is 30.8 Å². The maximum absolute atomic E-state index is 8.69. The summed E-state index contributed by atoms with van der Waals surface area (Å²) in [6.45, 7) is 0. The first kappa shape index (κ1) is 23.6. The molecule has 0 fully saturated rings. The van der Waals surface area contributed by atoms with Crippen molar-refractivity contribution in [3.05, 3.63) is 0 Å². The van der Waals surface area contributed by atoms with Gasteiger partial charge in [-0.25, -0.2) is 0 Å². The summed E-state index contributed by atoms with van der Waals surface area (Å²) in [4.78, 5) is 33.1. The van der Waals surface area contributed by atoms with E-state index in [0.29, 0.717) is 0 Å². The van der Waals surface area contributed by atoms with E-state index in [2.05, 4.69) is 0 Å². The van der Waals surface area contributed by atoms with E-state index in [4.69, 9.17) is 19.2 Å². The molecule has 0 aromatic rings.